The standard InChI is InChI=1S/C34H37NO5/c36-22-30-31(37-23-27-15-7-2-8-16-27)32(38-24-28-17-9-3-10-18-28)33(39-25-29-19-11-4-12-20-29)34(40-30)35-21-26-13-5-1-6-14-26/h1-20,30-36H,21-25H2/t30-,31-,32+,33-,34-/m1/s1. The van der Waals surface area contributed by atoms with Crippen molar-refractivity contribution in [3.05, 3.63) is 144 Å². The first-order valence-electron chi connectivity index (χ1n) is 13.8. The number of hydrogen-bond acceptors (Lipinski definition) is 6. The lowest BCUT2D eigenvalue weighted by Crippen LogP contribution is -2.64. The number of nitrogens with one attached hydrogen (secondary N) is 1. The molecule has 5 atom stereocenters. The first-order valence-corrected chi connectivity index (χ1v) is 13.8. The van der Waals surface area contributed by atoms with Crippen LogP contribution in [0.25, 0.3) is 0 Å². The summed E-state index contributed by atoms with van der Waals surface area (Å²) < 4.78 is 26.1. The fourth-order valence-corrected chi connectivity index (χ4v) is 4.91. The Hall–Kier alpha value is -3.36. The molecule has 1 aliphatic heterocycles. The molecule has 0 aliphatic carbocycles. The Morgan fingerprint density at radius 3 is 1.38 bits per heavy atom. The Labute approximate surface area is 236 Å². The predicted octanol–water partition coefficient (Wildman–Crippen LogP) is 5.25. The highest BCUT2D eigenvalue weighted by atomic mass is 16.6. The molecule has 0 bridgehead atoms. The van der Waals surface area contributed by atoms with Crippen molar-refractivity contribution in [2.45, 2.75) is 57.0 Å². The van der Waals surface area contributed by atoms with E-state index in [1.54, 1.807) is 0 Å². The van der Waals surface area contributed by atoms with Crippen LogP contribution in [0.4, 0.5) is 0 Å². The van der Waals surface area contributed by atoms with Gasteiger partial charge in [-0.15, -0.1) is 0 Å². The summed E-state index contributed by atoms with van der Waals surface area (Å²) in [5.41, 5.74) is 4.26. The number of aliphatic hydroxyl groups is 1. The maximum atomic E-state index is 10.4. The molecule has 6 nitrogen and oxygen atoms in total. The highest BCUT2D eigenvalue weighted by Gasteiger charge is 2.48. The second-order valence-corrected chi connectivity index (χ2v) is 9.93. The van der Waals surface area contributed by atoms with Gasteiger partial charge in [0.1, 0.15) is 30.6 Å². The van der Waals surface area contributed by atoms with E-state index < -0.39 is 30.6 Å². The van der Waals surface area contributed by atoms with Crippen LogP contribution in [0.3, 0.4) is 0 Å². The molecule has 0 amide bonds. The summed E-state index contributed by atoms with van der Waals surface area (Å²) in [4.78, 5) is 0. The first kappa shape index (κ1) is 28.2. The molecule has 208 valence electrons. The van der Waals surface area contributed by atoms with Gasteiger partial charge in [-0.3, -0.25) is 5.32 Å². The molecule has 4 aromatic carbocycles. The number of ether oxygens (including phenoxy) is 4. The lowest BCUT2D eigenvalue weighted by molar-refractivity contribution is -0.276. The molecule has 40 heavy (non-hydrogen) atoms. The summed E-state index contributed by atoms with van der Waals surface area (Å²) in [6.45, 7) is 1.50. The third-order valence-corrected chi connectivity index (χ3v) is 7.02. The molecule has 0 aromatic heterocycles. The summed E-state index contributed by atoms with van der Waals surface area (Å²) in [6, 6.07) is 40.2. The number of benzene rings is 4. The van der Waals surface area contributed by atoms with Gasteiger partial charge in [-0.2, -0.15) is 0 Å². The monoisotopic (exact) mass is 539 g/mol. The molecule has 1 saturated heterocycles. The van der Waals surface area contributed by atoms with Crippen LogP contribution in [-0.4, -0.2) is 42.4 Å². The summed E-state index contributed by atoms with van der Waals surface area (Å²) in [5.74, 6) is 0. The molecule has 0 radical (unpaired) electrons. The number of rotatable bonds is 13. The zero-order valence-electron chi connectivity index (χ0n) is 22.5. The maximum Gasteiger partial charge on any atom is 0.138 e. The van der Waals surface area contributed by atoms with Crippen LogP contribution in [0.15, 0.2) is 121 Å². The summed E-state index contributed by atoms with van der Waals surface area (Å²) in [5, 5.41) is 13.9. The van der Waals surface area contributed by atoms with Crippen LogP contribution in [0.1, 0.15) is 22.3 Å². The van der Waals surface area contributed by atoms with Crippen LogP contribution < -0.4 is 5.32 Å². The molecule has 1 heterocycles. The highest BCUT2D eigenvalue weighted by molar-refractivity contribution is 5.17. The van der Waals surface area contributed by atoms with Gasteiger partial charge in [-0.05, 0) is 22.3 Å². The maximum absolute atomic E-state index is 10.4. The minimum atomic E-state index is -0.602. The largest absolute Gasteiger partial charge is 0.394 e. The van der Waals surface area contributed by atoms with E-state index in [1.165, 1.54) is 0 Å². The molecule has 5 rings (SSSR count). The van der Waals surface area contributed by atoms with E-state index in [0.29, 0.717) is 26.4 Å². The molecule has 0 saturated carbocycles. The van der Waals surface area contributed by atoms with Crippen molar-refractivity contribution in [2.75, 3.05) is 6.61 Å². The third-order valence-electron chi connectivity index (χ3n) is 7.02. The highest BCUT2D eigenvalue weighted by Crippen LogP contribution is 2.30. The Morgan fingerprint density at radius 2 is 0.925 bits per heavy atom. The van der Waals surface area contributed by atoms with Gasteiger partial charge in [0.25, 0.3) is 0 Å². The van der Waals surface area contributed by atoms with Gasteiger partial charge in [-0.25, -0.2) is 0 Å². The molecule has 6 heteroatoms. The van der Waals surface area contributed by atoms with E-state index in [9.17, 15) is 5.11 Å². The van der Waals surface area contributed by atoms with Crippen molar-refractivity contribution in [3.8, 4) is 0 Å². The van der Waals surface area contributed by atoms with Crippen LogP contribution in [0, 0.1) is 0 Å². The van der Waals surface area contributed by atoms with Crippen LogP contribution in [0.2, 0.25) is 0 Å². The van der Waals surface area contributed by atoms with Crippen molar-refractivity contribution in [1.82, 2.24) is 5.32 Å². The fourth-order valence-electron chi connectivity index (χ4n) is 4.91. The van der Waals surface area contributed by atoms with Crippen molar-refractivity contribution in [3.63, 3.8) is 0 Å². The van der Waals surface area contributed by atoms with Gasteiger partial charge >= 0.3 is 0 Å². The number of hydrogen-bond donors (Lipinski definition) is 2. The first-order chi connectivity index (χ1) is 19.8. The van der Waals surface area contributed by atoms with E-state index in [1.807, 2.05) is 109 Å². The van der Waals surface area contributed by atoms with Gasteiger partial charge in [-0.1, -0.05) is 121 Å². The zero-order valence-corrected chi connectivity index (χ0v) is 22.5. The van der Waals surface area contributed by atoms with Crippen molar-refractivity contribution >= 4 is 0 Å². The summed E-state index contributed by atoms with van der Waals surface area (Å²) >= 11 is 0. The smallest absolute Gasteiger partial charge is 0.138 e. The van der Waals surface area contributed by atoms with E-state index in [0.717, 1.165) is 22.3 Å². The Balaban J connectivity index is 1.41. The summed E-state index contributed by atoms with van der Waals surface area (Å²) in [7, 11) is 0. The van der Waals surface area contributed by atoms with E-state index >= 15 is 0 Å². The fraction of sp³-hybridized carbons (Fsp3) is 0.294. The van der Waals surface area contributed by atoms with Crippen molar-refractivity contribution in [2.24, 2.45) is 0 Å². The lowest BCUT2D eigenvalue weighted by Gasteiger charge is -2.46. The van der Waals surface area contributed by atoms with E-state index in [-0.39, 0.29) is 6.61 Å². The Morgan fingerprint density at radius 1 is 0.525 bits per heavy atom. The molecule has 4 aromatic rings. The third kappa shape index (κ3) is 7.86. The minimum Gasteiger partial charge on any atom is -0.394 e. The van der Waals surface area contributed by atoms with Gasteiger partial charge in [0.15, 0.2) is 0 Å². The van der Waals surface area contributed by atoms with Crippen LogP contribution >= 0.6 is 0 Å². The lowest BCUT2D eigenvalue weighted by atomic mass is 9.96. The quantitative estimate of drug-likeness (QED) is 0.242. The van der Waals surface area contributed by atoms with Crippen molar-refractivity contribution in [1.29, 1.82) is 0 Å². The molecule has 0 spiro atoms. The molecule has 1 aliphatic rings. The predicted molar refractivity (Wildman–Crippen MR) is 154 cm³/mol. The van der Waals surface area contributed by atoms with Gasteiger partial charge < -0.3 is 24.1 Å². The average molecular weight is 540 g/mol. The van der Waals surface area contributed by atoms with Gasteiger partial charge in [0.2, 0.25) is 0 Å². The minimum absolute atomic E-state index is 0.209. The summed E-state index contributed by atoms with van der Waals surface area (Å²) in [6.07, 6.45) is -2.69. The second kappa shape index (κ2) is 14.9. The SMILES string of the molecule is OC[C@H]1O[C@@H](NCc2ccccc2)[C@H](OCc2ccccc2)[C@@H](OCc2ccccc2)[C@@H]1OCc1ccccc1. The molecular formula is C34H37NO5. The van der Waals surface area contributed by atoms with Crippen LogP contribution in [0.5, 0.6) is 0 Å². The van der Waals surface area contributed by atoms with E-state index in [4.69, 9.17) is 18.9 Å². The molecule has 2 N–H and O–H groups in total. The normalized spacial score (nSPS) is 22.7. The molecular weight excluding hydrogens is 502 g/mol. The molecule has 0 unspecified atom stereocenters. The number of aliphatic hydroxyl groups excluding tert-OH is 1. The second-order valence-electron chi connectivity index (χ2n) is 9.93. The Kier molecular flexibility index (Phi) is 10.5. The van der Waals surface area contributed by atoms with Crippen molar-refractivity contribution < 1.29 is 24.1 Å². The topological polar surface area (TPSA) is 69.2 Å². The van der Waals surface area contributed by atoms with Crippen LogP contribution in [-0.2, 0) is 45.3 Å². The van der Waals surface area contributed by atoms with E-state index in [2.05, 4.69) is 17.4 Å². The Bertz CT molecular complexity index is 1240. The van der Waals surface area contributed by atoms with Gasteiger partial charge in [0.05, 0.1) is 26.4 Å². The average Bonchev–Trinajstić information content (AvgIpc) is 3.03. The zero-order chi connectivity index (χ0) is 27.4. The molecule has 1 fully saturated rings. The van der Waals surface area contributed by atoms with Gasteiger partial charge in [0, 0.05) is 6.54 Å².